The molecule has 0 saturated carbocycles. The maximum atomic E-state index is 13.7. The normalized spacial score (nSPS) is 15.7. The maximum Gasteiger partial charge on any atom is 0.404 e. The fourth-order valence-corrected chi connectivity index (χ4v) is 7.52. The topological polar surface area (TPSA) is 146 Å². The fraction of sp³-hybridized carbons (Fsp3) is 0.538. The summed E-state index contributed by atoms with van der Waals surface area (Å²) in [6.07, 6.45) is -6.66. The molecule has 0 spiro atoms. The Hall–Kier alpha value is -2.37. The Kier molecular flexibility index (Phi) is 11.4. The summed E-state index contributed by atoms with van der Waals surface area (Å²) in [6, 6.07) is -0.367. The molecule has 1 aliphatic rings. The number of thiazole rings is 1. The maximum absolute atomic E-state index is 13.7. The van der Waals surface area contributed by atoms with E-state index in [2.05, 4.69) is 10.3 Å². The highest BCUT2D eigenvalue weighted by molar-refractivity contribution is 7.89. The number of hydrogen-bond donors (Lipinski definition) is 3. The number of rotatable bonds is 11. The molecule has 3 rings (SSSR count). The molecule has 2 heterocycles. The Morgan fingerprint density at radius 1 is 1.16 bits per heavy atom. The Morgan fingerprint density at radius 3 is 2.32 bits per heavy atom. The van der Waals surface area contributed by atoms with E-state index in [0.717, 1.165) is 19.1 Å². The number of likely N-dealkylation sites (tertiary alicyclic amines) is 1. The molecule has 10 nitrogen and oxygen atoms in total. The minimum atomic E-state index is -4.87. The molecule has 1 aromatic heterocycles. The average Bonchev–Trinajstić information content (AvgIpc) is 3.35. The molecule has 0 unspecified atom stereocenters. The summed E-state index contributed by atoms with van der Waals surface area (Å²) in [5, 5.41) is 10.8. The van der Waals surface area contributed by atoms with E-state index in [9.17, 15) is 45.5 Å². The summed E-state index contributed by atoms with van der Waals surface area (Å²) < 4.78 is 80.7. The Labute approximate surface area is 265 Å². The lowest BCUT2D eigenvalue weighted by molar-refractivity contribution is -0.151. The Bertz CT molecular complexity index is 1520. The van der Waals surface area contributed by atoms with Crippen molar-refractivity contribution in [2.45, 2.75) is 75.3 Å². The molecule has 1 saturated heterocycles. The Balaban J connectivity index is 2.02. The van der Waals surface area contributed by atoms with Crippen LogP contribution in [0.15, 0.2) is 17.0 Å². The summed E-state index contributed by atoms with van der Waals surface area (Å²) in [5.41, 5.74) is -1.63. The SMILES string of the molecule is CC[C@H](NS(=O)(=O)c1ccc(-c2sc(C(=O)NCC(=O)CC(C)(C)O)nc2C(=O)N2CCC(F)CC2)c(Cl)c1Cl)C(F)(F)F. The Morgan fingerprint density at radius 2 is 1.77 bits per heavy atom. The number of carbonyl (C=O) groups excluding carboxylic acids is 3. The van der Waals surface area contributed by atoms with Crippen LogP contribution in [0, 0.1) is 0 Å². The zero-order chi connectivity index (χ0) is 33.2. The molecular weight excluding hydrogens is 675 g/mol. The summed E-state index contributed by atoms with van der Waals surface area (Å²) in [5.74, 6) is -2.00. The van der Waals surface area contributed by atoms with Gasteiger partial charge in [0.2, 0.25) is 10.0 Å². The number of Topliss-reactive ketones (excluding diaryl/α,β-unsaturated/α-hetero) is 1. The number of aromatic nitrogens is 1. The first-order chi connectivity index (χ1) is 20.2. The zero-order valence-electron chi connectivity index (χ0n) is 23.7. The van der Waals surface area contributed by atoms with Gasteiger partial charge in [-0.3, -0.25) is 14.4 Å². The summed E-state index contributed by atoms with van der Waals surface area (Å²) in [7, 11) is -4.82. The predicted octanol–water partition coefficient (Wildman–Crippen LogP) is 4.77. The van der Waals surface area contributed by atoms with Crippen molar-refractivity contribution in [1.29, 1.82) is 0 Å². The predicted molar refractivity (Wildman–Crippen MR) is 156 cm³/mol. The van der Waals surface area contributed by atoms with E-state index < -0.39 is 79.5 Å². The van der Waals surface area contributed by atoms with Gasteiger partial charge in [0, 0.05) is 25.1 Å². The van der Waals surface area contributed by atoms with Crippen LogP contribution in [-0.2, 0) is 14.8 Å². The number of nitrogens with one attached hydrogen (secondary N) is 2. The number of ketones is 1. The smallest absolute Gasteiger partial charge is 0.390 e. The van der Waals surface area contributed by atoms with E-state index in [1.807, 2.05) is 0 Å². The molecule has 44 heavy (non-hydrogen) atoms. The molecule has 1 atom stereocenters. The van der Waals surface area contributed by atoms with E-state index in [1.54, 1.807) is 4.72 Å². The van der Waals surface area contributed by atoms with Crippen LogP contribution in [0.25, 0.3) is 10.4 Å². The highest BCUT2D eigenvalue weighted by Gasteiger charge is 2.41. The fourth-order valence-electron chi connectivity index (χ4n) is 4.29. The molecule has 18 heteroatoms. The average molecular weight is 706 g/mol. The molecular formula is C26H30Cl2F4N4O6S2. The molecule has 3 N–H and O–H groups in total. The lowest BCUT2D eigenvalue weighted by Gasteiger charge is -2.28. The van der Waals surface area contributed by atoms with Crippen molar-refractivity contribution in [2.24, 2.45) is 0 Å². The minimum absolute atomic E-state index is 0.0177. The lowest BCUT2D eigenvalue weighted by Crippen LogP contribution is -2.44. The first-order valence-electron chi connectivity index (χ1n) is 13.3. The standard InChI is InChI=1S/C26H30Cl2F4N4O6S2/c1-4-17(26(30,31)32)35-44(41,42)16-6-5-15(18(27)19(16)28)21-20(24(39)36-9-7-13(29)8-10-36)34-23(43-21)22(38)33-12-14(37)11-25(2,3)40/h5-6,13,17,35,40H,4,7-12H2,1-3H3,(H,33,38)/t17-/m0/s1. The molecule has 1 fully saturated rings. The van der Waals surface area contributed by atoms with E-state index in [-0.39, 0.29) is 53.5 Å². The molecule has 2 amide bonds. The van der Waals surface area contributed by atoms with Crippen LogP contribution in [0.1, 0.15) is 66.7 Å². The van der Waals surface area contributed by atoms with Crippen LogP contribution in [0.5, 0.6) is 0 Å². The largest absolute Gasteiger partial charge is 0.404 e. The summed E-state index contributed by atoms with van der Waals surface area (Å²) in [6.45, 7) is 3.65. The van der Waals surface area contributed by atoms with Crippen molar-refractivity contribution in [3.05, 3.63) is 32.9 Å². The van der Waals surface area contributed by atoms with Crippen molar-refractivity contribution in [1.82, 2.24) is 19.9 Å². The minimum Gasteiger partial charge on any atom is -0.390 e. The third kappa shape index (κ3) is 8.88. The quantitative estimate of drug-likeness (QED) is 0.286. The second-order valence-corrected chi connectivity index (χ2v) is 14.2. The highest BCUT2D eigenvalue weighted by atomic mass is 35.5. The lowest BCUT2D eigenvalue weighted by atomic mass is 10.0. The van der Waals surface area contributed by atoms with Gasteiger partial charge in [-0.2, -0.15) is 17.9 Å². The van der Waals surface area contributed by atoms with Crippen molar-refractivity contribution < 1.29 is 45.5 Å². The second kappa shape index (κ2) is 14.0. The molecule has 2 aromatic rings. The number of hydrogen-bond acceptors (Lipinski definition) is 8. The number of nitrogens with zero attached hydrogens (tertiary/aromatic N) is 2. The molecule has 0 bridgehead atoms. The number of alkyl halides is 4. The monoisotopic (exact) mass is 704 g/mol. The van der Waals surface area contributed by atoms with Crippen molar-refractivity contribution in [3.8, 4) is 10.4 Å². The van der Waals surface area contributed by atoms with Gasteiger partial charge in [0.15, 0.2) is 10.8 Å². The number of amides is 2. The first kappa shape index (κ1) is 36.1. The van der Waals surface area contributed by atoms with Gasteiger partial charge in [-0.1, -0.05) is 36.2 Å². The number of aliphatic hydroxyl groups is 1. The zero-order valence-corrected chi connectivity index (χ0v) is 26.9. The van der Waals surface area contributed by atoms with Gasteiger partial charge < -0.3 is 15.3 Å². The van der Waals surface area contributed by atoms with Crippen molar-refractivity contribution in [3.63, 3.8) is 0 Å². The van der Waals surface area contributed by atoms with Crippen LogP contribution < -0.4 is 10.0 Å². The van der Waals surface area contributed by atoms with Gasteiger partial charge in [0.25, 0.3) is 11.8 Å². The van der Waals surface area contributed by atoms with Crippen LogP contribution in [-0.4, -0.2) is 84.6 Å². The van der Waals surface area contributed by atoms with Crippen molar-refractivity contribution in [2.75, 3.05) is 19.6 Å². The molecule has 0 radical (unpaired) electrons. The molecule has 1 aliphatic heterocycles. The molecule has 244 valence electrons. The van der Waals surface area contributed by atoms with E-state index in [1.165, 1.54) is 18.7 Å². The van der Waals surface area contributed by atoms with Gasteiger partial charge in [-0.05, 0) is 39.2 Å². The van der Waals surface area contributed by atoms with Gasteiger partial charge in [-0.25, -0.2) is 17.8 Å². The third-order valence-corrected chi connectivity index (χ3v) is 10.1. The van der Waals surface area contributed by atoms with Gasteiger partial charge in [0.05, 0.1) is 27.1 Å². The third-order valence-electron chi connectivity index (χ3n) is 6.49. The summed E-state index contributed by atoms with van der Waals surface area (Å²) >= 11 is 13.3. The van der Waals surface area contributed by atoms with E-state index >= 15 is 0 Å². The number of benzene rings is 1. The summed E-state index contributed by atoms with van der Waals surface area (Å²) in [4.78, 5) is 43.2. The van der Waals surface area contributed by atoms with Crippen LogP contribution >= 0.6 is 34.5 Å². The van der Waals surface area contributed by atoms with Gasteiger partial charge in [0.1, 0.15) is 22.8 Å². The van der Waals surface area contributed by atoms with Gasteiger partial charge in [-0.15, -0.1) is 11.3 Å². The number of carbonyl (C=O) groups is 3. The van der Waals surface area contributed by atoms with Gasteiger partial charge >= 0.3 is 6.18 Å². The van der Waals surface area contributed by atoms with Crippen LogP contribution in [0.3, 0.4) is 0 Å². The van der Waals surface area contributed by atoms with Crippen LogP contribution in [0.4, 0.5) is 17.6 Å². The number of piperidine rings is 1. The van der Waals surface area contributed by atoms with Crippen molar-refractivity contribution >= 4 is 62.2 Å². The van der Waals surface area contributed by atoms with E-state index in [4.69, 9.17) is 23.2 Å². The number of halogens is 6. The molecule has 1 aromatic carbocycles. The van der Waals surface area contributed by atoms with E-state index in [0.29, 0.717) is 11.3 Å². The second-order valence-electron chi connectivity index (χ2n) is 10.7. The first-order valence-corrected chi connectivity index (χ1v) is 16.3. The molecule has 0 aliphatic carbocycles. The highest BCUT2D eigenvalue weighted by Crippen LogP contribution is 2.42. The van der Waals surface area contributed by atoms with Crippen LogP contribution in [0.2, 0.25) is 10.0 Å². The number of sulfonamides is 1.